The van der Waals surface area contributed by atoms with Crippen molar-refractivity contribution in [3.05, 3.63) is 139 Å². The monoisotopic (exact) mass is 543 g/mol. The quantitative estimate of drug-likeness (QED) is 0.222. The predicted octanol–water partition coefficient (Wildman–Crippen LogP) is 9.78. The van der Waals surface area contributed by atoms with E-state index in [-0.39, 0.29) is 10.8 Å². The van der Waals surface area contributed by atoms with Gasteiger partial charge in [-0.2, -0.15) is 0 Å². The molecule has 0 spiro atoms. The summed E-state index contributed by atoms with van der Waals surface area (Å²) in [4.78, 5) is 15.1. The van der Waals surface area contributed by atoms with Gasteiger partial charge in [0.25, 0.3) is 0 Å². The molecule has 5 aromatic carbocycles. The standard InChI is InChI=1S/C39H33N3/c1-38(2)33-25-14-13-21-29(33)31-24-15-23-30(34(31)39(38,3)4)28-20-11-12-22-32(28)37-41-35(26-16-7-5-8-17-26)40-36(42-37)27-18-9-6-10-19-27/h5-25H,1-4H3. The minimum Gasteiger partial charge on any atom is -0.208 e. The van der Waals surface area contributed by atoms with Crippen LogP contribution in [0.3, 0.4) is 0 Å². The summed E-state index contributed by atoms with van der Waals surface area (Å²) in [5, 5.41) is 0. The Hall–Kier alpha value is -4.89. The molecule has 1 aromatic heterocycles. The third kappa shape index (κ3) is 4.08. The maximum Gasteiger partial charge on any atom is 0.164 e. The second-order valence-electron chi connectivity index (χ2n) is 12.1. The fraction of sp³-hybridized carbons (Fsp3) is 0.154. The Bertz CT molecular complexity index is 1860. The summed E-state index contributed by atoms with van der Waals surface area (Å²) in [6.45, 7) is 9.53. The summed E-state index contributed by atoms with van der Waals surface area (Å²) in [6.07, 6.45) is 0. The lowest BCUT2D eigenvalue weighted by Crippen LogP contribution is -2.43. The van der Waals surface area contributed by atoms with Gasteiger partial charge in [0.15, 0.2) is 17.5 Å². The summed E-state index contributed by atoms with van der Waals surface area (Å²) in [5.41, 5.74) is 10.4. The molecular weight excluding hydrogens is 510 g/mol. The van der Waals surface area contributed by atoms with Gasteiger partial charge in [-0.3, -0.25) is 0 Å². The van der Waals surface area contributed by atoms with E-state index in [2.05, 4.69) is 119 Å². The van der Waals surface area contributed by atoms with Gasteiger partial charge in [0.1, 0.15) is 0 Å². The highest BCUT2D eigenvalue weighted by atomic mass is 15.0. The first kappa shape index (κ1) is 26.0. The Labute approximate surface area is 248 Å². The molecule has 6 aromatic rings. The molecule has 3 heteroatoms. The van der Waals surface area contributed by atoms with Gasteiger partial charge < -0.3 is 0 Å². The van der Waals surface area contributed by atoms with Crippen LogP contribution in [0.1, 0.15) is 38.8 Å². The number of nitrogens with zero attached hydrogens (tertiary/aromatic N) is 3. The van der Waals surface area contributed by atoms with Crippen molar-refractivity contribution in [2.75, 3.05) is 0 Å². The normalized spacial score (nSPS) is 14.6. The number of hydrogen-bond acceptors (Lipinski definition) is 3. The van der Waals surface area contributed by atoms with E-state index in [0.717, 1.165) is 22.3 Å². The number of benzene rings is 5. The molecule has 204 valence electrons. The minimum absolute atomic E-state index is 0.0736. The third-order valence-corrected chi connectivity index (χ3v) is 9.30. The number of rotatable bonds is 4. The van der Waals surface area contributed by atoms with Crippen LogP contribution in [0.5, 0.6) is 0 Å². The highest BCUT2D eigenvalue weighted by Crippen LogP contribution is 2.56. The lowest BCUT2D eigenvalue weighted by atomic mass is 9.54. The Morgan fingerprint density at radius 3 is 1.38 bits per heavy atom. The van der Waals surface area contributed by atoms with Crippen molar-refractivity contribution >= 4 is 0 Å². The van der Waals surface area contributed by atoms with Gasteiger partial charge >= 0.3 is 0 Å². The Kier molecular flexibility index (Phi) is 6.13. The second-order valence-corrected chi connectivity index (χ2v) is 12.1. The van der Waals surface area contributed by atoms with Crippen molar-refractivity contribution in [2.45, 2.75) is 38.5 Å². The molecule has 0 saturated carbocycles. The van der Waals surface area contributed by atoms with Crippen molar-refractivity contribution in [3.63, 3.8) is 0 Å². The molecule has 0 aliphatic heterocycles. The van der Waals surface area contributed by atoms with Crippen LogP contribution in [-0.4, -0.2) is 15.0 Å². The molecule has 0 bridgehead atoms. The summed E-state index contributed by atoms with van der Waals surface area (Å²) in [7, 11) is 0. The van der Waals surface area contributed by atoms with E-state index in [1.807, 2.05) is 36.4 Å². The number of hydrogen-bond donors (Lipinski definition) is 0. The zero-order chi connectivity index (χ0) is 28.9. The first-order valence-electron chi connectivity index (χ1n) is 14.6. The summed E-state index contributed by atoms with van der Waals surface area (Å²) in [6, 6.07) is 44.5. The van der Waals surface area contributed by atoms with Crippen molar-refractivity contribution in [2.24, 2.45) is 0 Å². The smallest absolute Gasteiger partial charge is 0.164 e. The maximum absolute atomic E-state index is 5.08. The highest BCUT2D eigenvalue weighted by molar-refractivity contribution is 5.90. The second kappa shape index (κ2) is 9.88. The fourth-order valence-electron chi connectivity index (χ4n) is 6.43. The fourth-order valence-corrected chi connectivity index (χ4v) is 6.43. The molecule has 1 heterocycles. The van der Waals surface area contributed by atoms with E-state index in [1.54, 1.807) is 0 Å². The first-order chi connectivity index (χ1) is 20.4. The lowest BCUT2D eigenvalue weighted by molar-refractivity contribution is 0.300. The molecule has 0 unspecified atom stereocenters. The molecule has 0 atom stereocenters. The molecule has 7 rings (SSSR count). The van der Waals surface area contributed by atoms with E-state index in [1.165, 1.54) is 27.8 Å². The van der Waals surface area contributed by atoms with Gasteiger partial charge in [0, 0.05) is 22.1 Å². The number of fused-ring (bicyclic) bond motifs is 3. The van der Waals surface area contributed by atoms with E-state index in [9.17, 15) is 0 Å². The van der Waals surface area contributed by atoms with E-state index < -0.39 is 0 Å². The summed E-state index contributed by atoms with van der Waals surface area (Å²) in [5.74, 6) is 2.00. The largest absolute Gasteiger partial charge is 0.208 e. The van der Waals surface area contributed by atoms with Crippen molar-refractivity contribution < 1.29 is 0 Å². The predicted molar refractivity (Wildman–Crippen MR) is 173 cm³/mol. The molecule has 0 fully saturated rings. The van der Waals surface area contributed by atoms with Gasteiger partial charge in [-0.25, -0.2) is 15.0 Å². The van der Waals surface area contributed by atoms with E-state index in [0.29, 0.717) is 17.5 Å². The van der Waals surface area contributed by atoms with Gasteiger partial charge in [-0.1, -0.05) is 155 Å². The molecule has 0 N–H and O–H groups in total. The van der Waals surface area contributed by atoms with Gasteiger partial charge in [-0.05, 0) is 38.8 Å². The molecule has 1 aliphatic rings. The Morgan fingerprint density at radius 2 is 0.786 bits per heavy atom. The molecule has 42 heavy (non-hydrogen) atoms. The SMILES string of the molecule is CC1(C)c2ccccc2-c2cccc(-c3ccccc3-c3nc(-c4ccccc4)nc(-c4ccccc4)n3)c2C1(C)C. The summed E-state index contributed by atoms with van der Waals surface area (Å²) >= 11 is 0. The zero-order valence-corrected chi connectivity index (χ0v) is 24.5. The molecule has 3 nitrogen and oxygen atoms in total. The van der Waals surface area contributed by atoms with Gasteiger partial charge in [-0.15, -0.1) is 0 Å². The zero-order valence-electron chi connectivity index (χ0n) is 24.5. The first-order valence-corrected chi connectivity index (χ1v) is 14.6. The highest BCUT2D eigenvalue weighted by Gasteiger charge is 2.47. The van der Waals surface area contributed by atoms with E-state index >= 15 is 0 Å². The topological polar surface area (TPSA) is 38.7 Å². The van der Waals surface area contributed by atoms with Crippen molar-refractivity contribution in [1.29, 1.82) is 0 Å². The Balaban J connectivity index is 1.49. The van der Waals surface area contributed by atoms with Crippen LogP contribution in [0.15, 0.2) is 127 Å². The average Bonchev–Trinajstić information content (AvgIpc) is 3.04. The van der Waals surface area contributed by atoms with Crippen LogP contribution in [-0.2, 0) is 10.8 Å². The van der Waals surface area contributed by atoms with Crippen molar-refractivity contribution in [3.8, 4) is 56.4 Å². The molecule has 1 aliphatic carbocycles. The van der Waals surface area contributed by atoms with Crippen LogP contribution in [0, 0.1) is 0 Å². The molecule has 0 amide bonds. The third-order valence-electron chi connectivity index (χ3n) is 9.30. The number of aromatic nitrogens is 3. The van der Waals surface area contributed by atoms with Gasteiger partial charge in [0.05, 0.1) is 0 Å². The van der Waals surface area contributed by atoms with Crippen molar-refractivity contribution in [1.82, 2.24) is 15.0 Å². The van der Waals surface area contributed by atoms with Crippen LogP contribution in [0.2, 0.25) is 0 Å². The average molecular weight is 544 g/mol. The maximum atomic E-state index is 5.08. The van der Waals surface area contributed by atoms with Gasteiger partial charge in [0.2, 0.25) is 0 Å². The van der Waals surface area contributed by atoms with Crippen LogP contribution >= 0.6 is 0 Å². The molecule has 0 saturated heterocycles. The van der Waals surface area contributed by atoms with Crippen LogP contribution < -0.4 is 0 Å². The molecule has 0 radical (unpaired) electrons. The van der Waals surface area contributed by atoms with Crippen LogP contribution in [0.4, 0.5) is 0 Å². The van der Waals surface area contributed by atoms with Crippen LogP contribution in [0.25, 0.3) is 56.4 Å². The Morgan fingerprint density at radius 1 is 0.357 bits per heavy atom. The van der Waals surface area contributed by atoms with E-state index in [4.69, 9.17) is 15.0 Å². The summed E-state index contributed by atoms with van der Waals surface area (Å²) < 4.78 is 0. The molecular formula is C39H33N3. The minimum atomic E-state index is -0.135. The lowest BCUT2D eigenvalue weighted by Gasteiger charge is -2.49.